The van der Waals surface area contributed by atoms with Crippen LogP contribution in [0.5, 0.6) is 0 Å². The van der Waals surface area contributed by atoms with Crippen molar-refractivity contribution in [2.75, 3.05) is 4.90 Å². The van der Waals surface area contributed by atoms with E-state index < -0.39 is 17.8 Å². The van der Waals surface area contributed by atoms with Crippen molar-refractivity contribution >= 4 is 49.3 Å². The molecule has 0 radical (unpaired) electrons. The number of aromatic nitrogens is 1. The van der Waals surface area contributed by atoms with Gasteiger partial charge in [-0.2, -0.15) is 0 Å². The van der Waals surface area contributed by atoms with Gasteiger partial charge in [-0.3, -0.25) is 14.5 Å². The van der Waals surface area contributed by atoms with E-state index in [1.54, 1.807) is 30.3 Å². The summed E-state index contributed by atoms with van der Waals surface area (Å²) in [6.07, 6.45) is 0. The van der Waals surface area contributed by atoms with Crippen molar-refractivity contribution in [3.8, 4) is 0 Å². The van der Waals surface area contributed by atoms with Crippen LogP contribution in [0.1, 0.15) is 38.3 Å². The van der Waals surface area contributed by atoms with Crippen molar-refractivity contribution in [1.82, 2.24) is 4.98 Å². The second-order valence-electron chi connectivity index (χ2n) is 7.08. The molecule has 0 fully saturated rings. The summed E-state index contributed by atoms with van der Waals surface area (Å²) in [6, 6.07) is 10.1. The van der Waals surface area contributed by atoms with E-state index in [9.17, 15) is 14.0 Å². The molecule has 1 unspecified atom stereocenters. The van der Waals surface area contributed by atoms with E-state index in [0.29, 0.717) is 21.7 Å². The van der Waals surface area contributed by atoms with Crippen LogP contribution >= 0.6 is 27.3 Å². The maximum absolute atomic E-state index is 13.6. The van der Waals surface area contributed by atoms with Crippen LogP contribution in [0.25, 0.3) is 11.0 Å². The highest BCUT2D eigenvalue weighted by Gasteiger charge is 2.45. The van der Waals surface area contributed by atoms with Crippen LogP contribution in [0.4, 0.5) is 9.52 Å². The first-order valence-corrected chi connectivity index (χ1v) is 10.8. The third-order valence-corrected chi connectivity index (χ3v) is 6.81. The number of carbonyl (C=O) groups excluding carboxylic acids is 1. The molecular formula is C22H14BrFN2O3S. The molecule has 3 heterocycles. The first-order chi connectivity index (χ1) is 14.3. The van der Waals surface area contributed by atoms with Gasteiger partial charge in [0.25, 0.3) is 5.91 Å². The lowest BCUT2D eigenvalue weighted by Crippen LogP contribution is -2.29. The Balaban J connectivity index is 1.82. The Labute approximate surface area is 182 Å². The van der Waals surface area contributed by atoms with E-state index in [0.717, 1.165) is 15.0 Å². The molecule has 2 aromatic heterocycles. The number of hydrogen-bond acceptors (Lipinski definition) is 5. The SMILES string of the molecule is Cc1nc(N2C(=O)c3oc4ccc(Br)cc4c(=O)c3C2c2ccc(F)cc2)sc1C. The number of rotatable bonds is 2. The number of amides is 1. The smallest absolute Gasteiger partial charge is 0.297 e. The first-order valence-electron chi connectivity index (χ1n) is 9.14. The minimum absolute atomic E-state index is 0.00495. The number of carbonyl (C=O) groups is 1. The number of aryl methyl sites for hydroxylation is 2. The monoisotopic (exact) mass is 484 g/mol. The Morgan fingerprint density at radius 3 is 2.53 bits per heavy atom. The predicted molar refractivity (Wildman–Crippen MR) is 117 cm³/mol. The Morgan fingerprint density at radius 2 is 1.87 bits per heavy atom. The molecule has 0 spiro atoms. The average molecular weight is 485 g/mol. The van der Waals surface area contributed by atoms with E-state index >= 15 is 0 Å². The molecule has 1 aliphatic rings. The second-order valence-corrected chi connectivity index (χ2v) is 9.18. The van der Waals surface area contributed by atoms with Gasteiger partial charge in [-0.15, -0.1) is 11.3 Å². The van der Waals surface area contributed by atoms with Gasteiger partial charge in [0.15, 0.2) is 10.6 Å². The van der Waals surface area contributed by atoms with Gasteiger partial charge in [0.1, 0.15) is 11.4 Å². The van der Waals surface area contributed by atoms with Crippen molar-refractivity contribution in [1.29, 1.82) is 0 Å². The highest BCUT2D eigenvalue weighted by molar-refractivity contribution is 9.10. The molecule has 5 nitrogen and oxygen atoms in total. The summed E-state index contributed by atoms with van der Waals surface area (Å²) in [4.78, 5) is 33.9. The summed E-state index contributed by atoms with van der Waals surface area (Å²) in [6.45, 7) is 3.79. The van der Waals surface area contributed by atoms with Gasteiger partial charge < -0.3 is 4.42 Å². The van der Waals surface area contributed by atoms with E-state index in [4.69, 9.17) is 4.42 Å². The first kappa shape index (κ1) is 19.1. The summed E-state index contributed by atoms with van der Waals surface area (Å²) in [5, 5.41) is 0.844. The average Bonchev–Trinajstić information content (AvgIpc) is 3.20. The summed E-state index contributed by atoms with van der Waals surface area (Å²) in [5.74, 6) is -0.838. The van der Waals surface area contributed by atoms with Crippen LogP contribution in [0.2, 0.25) is 0 Å². The van der Waals surface area contributed by atoms with Crippen molar-refractivity contribution in [2.24, 2.45) is 0 Å². The quantitative estimate of drug-likeness (QED) is 0.375. The molecule has 5 rings (SSSR count). The Hall–Kier alpha value is -2.84. The molecule has 0 bridgehead atoms. The zero-order valence-electron chi connectivity index (χ0n) is 15.9. The van der Waals surface area contributed by atoms with Crippen molar-refractivity contribution in [3.63, 3.8) is 0 Å². The van der Waals surface area contributed by atoms with E-state index in [1.165, 1.54) is 28.4 Å². The summed E-state index contributed by atoms with van der Waals surface area (Å²) >= 11 is 4.75. The van der Waals surface area contributed by atoms with Gasteiger partial charge in [-0.05, 0) is 49.7 Å². The molecule has 1 aliphatic heterocycles. The van der Waals surface area contributed by atoms with Gasteiger partial charge in [0.05, 0.1) is 22.7 Å². The van der Waals surface area contributed by atoms with Crippen molar-refractivity contribution in [3.05, 3.63) is 90.4 Å². The molecule has 8 heteroatoms. The van der Waals surface area contributed by atoms with Crippen LogP contribution in [0.3, 0.4) is 0 Å². The zero-order chi connectivity index (χ0) is 21.2. The topological polar surface area (TPSA) is 63.4 Å². The van der Waals surface area contributed by atoms with Crippen LogP contribution in [-0.4, -0.2) is 10.9 Å². The number of anilines is 1. The summed E-state index contributed by atoms with van der Waals surface area (Å²) in [7, 11) is 0. The Morgan fingerprint density at radius 1 is 1.13 bits per heavy atom. The molecule has 0 saturated heterocycles. The number of benzene rings is 2. The van der Waals surface area contributed by atoms with Crippen molar-refractivity contribution < 1.29 is 13.6 Å². The second kappa shape index (κ2) is 6.85. The van der Waals surface area contributed by atoms with Crippen LogP contribution in [-0.2, 0) is 0 Å². The molecule has 1 atom stereocenters. The predicted octanol–water partition coefficient (Wildman–Crippen LogP) is 5.52. The fourth-order valence-corrected chi connectivity index (χ4v) is 4.96. The lowest BCUT2D eigenvalue weighted by atomic mass is 9.99. The Bertz CT molecular complexity index is 1370. The van der Waals surface area contributed by atoms with Gasteiger partial charge in [0, 0.05) is 9.35 Å². The van der Waals surface area contributed by atoms with E-state index in [1.807, 2.05) is 13.8 Å². The third-order valence-electron chi connectivity index (χ3n) is 5.24. The molecule has 2 aromatic carbocycles. The normalized spacial score (nSPS) is 15.8. The standard InChI is InChI=1S/C22H14BrFN2O3S/c1-10-11(2)30-22(25-10)26-18(12-3-6-14(24)7-4-12)17-19(27)15-9-13(23)5-8-16(15)29-20(17)21(26)28/h3-9,18H,1-2H3. The molecule has 0 aliphatic carbocycles. The third kappa shape index (κ3) is 2.82. The number of nitrogens with zero attached hydrogens (tertiary/aromatic N) is 2. The van der Waals surface area contributed by atoms with Gasteiger partial charge in [-0.25, -0.2) is 9.37 Å². The van der Waals surface area contributed by atoms with Gasteiger partial charge >= 0.3 is 0 Å². The van der Waals surface area contributed by atoms with E-state index in [-0.39, 0.29) is 16.8 Å². The molecule has 0 N–H and O–H groups in total. The highest BCUT2D eigenvalue weighted by atomic mass is 79.9. The number of thiazole rings is 1. The fourth-order valence-electron chi connectivity index (χ4n) is 3.66. The largest absolute Gasteiger partial charge is 0.450 e. The molecule has 150 valence electrons. The highest BCUT2D eigenvalue weighted by Crippen LogP contribution is 2.43. The lowest BCUT2D eigenvalue weighted by molar-refractivity contribution is 0.0971. The Kier molecular flexibility index (Phi) is 4.37. The summed E-state index contributed by atoms with van der Waals surface area (Å²) < 4.78 is 20.2. The minimum atomic E-state index is -0.752. The molecule has 1 amide bonds. The molecular weight excluding hydrogens is 471 g/mol. The number of fused-ring (bicyclic) bond motifs is 2. The van der Waals surface area contributed by atoms with E-state index in [2.05, 4.69) is 20.9 Å². The van der Waals surface area contributed by atoms with Crippen LogP contribution < -0.4 is 10.3 Å². The van der Waals surface area contributed by atoms with Crippen LogP contribution in [0, 0.1) is 19.7 Å². The zero-order valence-corrected chi connectivity index (χ0v) is 18.3. The van der Waals surface area contributed by atoms with Gasteiger partial charge in [-0.1, -0.05) is 28.1 Å². The summed E-state index contributed by atoms with van der Waals surface area (Å²) in [5.41, 5.74) is 1.70. The number of hydrogen-bond donors (Lipinski definition) is 0. The lowest BCUT2D eigenvalue weighted by Gasteiger charge is -2.22. The fraction of sp³-hybridized carbons (Fsp3) is 0.136. The van der Waals surface area contributed by atoms with Gasteiger partial charge in [0.2, 0.25) is 5.76 Å². The van der Waals surface area contributed by atoms with Crippen LogP contribution in [0.15, 0.2) is 56.1 Å². The van der Waals surface area contributed by atoms with Crippen molar-refractivity contribution in [2.45, 2.75) is 19.9 Å². The maximum Gasteiger partial charge on any atom is 0.297 e. The molecule has 0 saturated carbocycles. The number of halogens is 2. The molecule has 4 aromatic rings. The maximum atomic E-state index is 13.6. The minimum Gasteiger partial charge on any atom is -0.450 e. The molecule has 30 heavy (non-hydrogen) atoms.